The molecular formula is H10Al4F3O6. The number of rotatable bonds is 0. The molecule has 10 N–H and O–H groups in total. The molecule has 0 aromatic rings. The molecule has 6 nitrogen and oxygen atoms in total. The first-order chi connectivity index (χ1) is 2.73. The van der Waals surface area contributed by atoms with E-state index >= 15 is 0 Å². The molecule has 0 heterocycles. The summed E-state index contributed by atoms with van der Waals surface area (Å²) in [5.74, 6) is 0. The van der Waals surface area contributed by atoms with Crippen LogP contribution in [0.25, 0.3) is 0 Å². The molecule has 13 heavy (non-hydrogen) atoms. The van der Waals surface area contributed by atoms with Gasteiger partial charge in [-0.2, -0.15) is 0 Å². The summed E-state index contributed by atoms with van der Waals surface area (Å²) in [5, 5.41) is 0. The summed E-state index contributed by atoms with van der Waals surface area (Å²) < 4.78 is 37.6. The van der Waals surface area contributed by atoms with Gasteiger partial charge in [0.1, 0.15) is 0 Å². The van der Waals surface area contributed by atoms with Crippen LogP contribution in [0.15, 0.2) is 0 Å². The van der Waals surface area contributed by atoms with Crippen molar-refractivity contribution in [3.8, 4) is 0 Å². The Morgan fingerprint density at radius 1 is 0.692 bits per heavy atom. The zero-order valence-corrected chi connectivity index (χ0v) is 11.0. The van der Waals surface area contributed by atoms with Gasteiger partial charge in [-0.1, -0.05) is 0 Å². The normalized spacial score (nSPS) is 2.31. The molecule has 0 aliphatic rings. The van der Waals surface area contributed by atoms with E-state index in [9.17, 15) is 10.6 Å². The molecule has 0 saturated heterocycles. The third-order valence-electron chi connectivity index (χ3n) is 0. The minimum atomic E-state index is -4.64. The van der Waals surface area contributed by atoms with Crippen molar-refractivity contribution >= 4 is 66.5 Å². The van der Waals surface area contributed by atoms with Crippen LogP contribution in [0.5, 0.6) is 0 Å². The molecule has 0 amide bonds. The minimum absolute atomic E-state index is 0. The van der Waals surface area contributed by atoms with E-state index in [1.807, 2.05) is 0 Å². The van der Waals surface area contributed by atoms with E-state index in [-0.39, 0.29) is 62.1 Å². The van der Waals surface area contributed by atoms with Gasteiger partial charge in [0.05, 0.1) is 0 Å². The number of halogens is 3. The molecule has 0 rings (SSSR count). The van der Waals surface area contributed by atoms with Crippen molar-refractivity contribution in [1.82, 2.24) is 0 Å². The summed E-state index contributed by atoms with van der Waals surface area (Å²) in [6.45, 7) is 0. The number of hydrogen-bond acceptors (Lipinski definition) is 1. The van der Waals surface area contributed by atoms with Gasteiger partial charge in [0, 0.05) is 34.7 Å². The Balaban J connectivity index is -0.00000000242. The van der Waals surface area contributed by atoms with Crippen LogP contribution in [-0.2, 0) is 3.80 Å². The Morgan fingerprint density at radius 3 is 0.692 bits per heavy atom. The van der Waals surface area contributed by atoms with Crippen LogP contribution in [0.4, 0.5) is 10.6 Å². The third kappa shape index (κ3) is 777. The molecule has 0 aliphatic heterocycles. The SMILES string of the molecule is O.O.O.O.O.[Al].[Al].[F][Al]([F])[F].[O]=[Al]. The van der Waals surface area contributed by atoms with Crippen molar-refractivity contribution in [2.24, 2.45) is 0 Å². The maximum atomic E-state index is 9.81. The predicted octanol–water partition coefficient (Wildman–Crippen LogP) is -4.50. The first-order valence-electron chi connectivity index (χ1n) is 0.890. The summed E-state index contributed by atoms with van der Waals surface area (Å²) in [6.07, 6.45) is 0. The van der Waals surface area contributed by atoms with Gasteiger partial charge in [-0.25, -0.2) is 0 Å². The second-order valence-electron chi connectivity index (χ2n) is 0.247. The summed E-state index contributed by atoms with van der Waals surface area (Å²) in [5.41, 5.74) is 0. The molecule has 0 aromatic carbocycles. The van der Waals surface area contributed by atoms with Crippen molar-refractivity contribution in [2.45, 2.75) is 0 Å². The fourth-order valence-electron chi connectivity index (χ4n) is 0. The summed E-state index contributed by atoms with van der Waals surface area (Å²) in [4.78, 5) is 0. The Bertz CT molecular complexity index is 31.1. The standard InChI is InChI=1S/4Al.3FH.5H2O.O/h;;;;3*1H;5*1H2;/q;;;+3;;;;;;;;;/p-3. The van der Waals surface area contributed by atoms with Gasteiger partial charge in [-0.3, -0.25) is 0 Å². The molecular weight excluding hydrogens is 261 g/mol. The second-order valence-corrected chi connectivity index (χ2v) is 0.742. The topological polar surface area (TPSA) is 175 Å². The van der Waals surface area contributed by atoms with E-state index in [2.05, 4.69) is 0 Å². The van der Waals surface area contributed by atoms with Crippen molar-refractivity contribution in [2.75, 3.05) is 0 Å². The van der Waals surface area contributed by atoms with Crippen molar-refractivity contribution in [3.05, 3.63) is 0 Å². The molecule has 0 bridgehead atoms. The molecule has 79 valence electrons. The van der Waals surface area contributed by atoms with E-state index in [0.717, 1.165) is 0 Å². The van der Waals surface area contributed by atoms with Crippen LogP contribution in [0, 0.1) is 0 Å². The molecule has 0 aromatic heterocycles. The zero-order chi connectivity index (χ0) is 5.58. The van der Waals surface area contributed by atoms with E-state index in [4.69, 9.17) is 3.80 Å². The molecule has 0 atom stereocenters. The molecule has 7 radical (unpaired) electrons. The second kappa shape index (κ2) is 104. The van der Waals surface area contributed by atoms with Gasteiger partial charge in [0.15, 0.2) is 0 Å². The van der Waals surface area contributed by atoms with Crippen molar-refractivity contribution < 1.29 is 41.8 Å². The Labute approximate surface area is 108 Å². The Hall–Kier alpha value is 1.52. The Morgan fingerprint density at radius 2 is 0.692 bits per heavy atom. The quantitative estimate of drug-likeness (QED) is 0.397. The van der Waals surface area contributed by atoms with Gasteiger partial charge in [0.25, 0.3) is 0 Å². The van der Waals surface area contributed by atoms with Crippen LogP contribution in [-0.4, -0.2) is 93.9 Å². The van der Waals surface area contributed by atoms with Crippen molar-refractivity contribution in [1.29, 1.82) is 0 Å². The average Bonchev–Trinajstić information content (AvgIpc) is 1.41. The van der Waals surface area contributed by atoms with Crippen molar-refractivity contribution in [3.63, 3.8) is 0 Å². The molecule has 13 heteroatoms. The summed E-state index contributed by atoms with van der Waals surface area (Å²) in [7, 11) is 0. The van der Waals surface area contributed by atoms with Gasteiger partial charge in [-0.15, -0.1) is 0 Å². The summed E-state index contributed by atoms with van der Waals surface area (Å²) in [6, 6.07) is 0. The average molecular weight is 271 g/mol. The first kappa shape index (κ1) is 87.1. The predicted molar refractivity (Wildman–Crippen MR) is 45.1 cm³/mol. The van der Waals surface area contributed by atoms with Crippen LogP contribution in [0.3, 0.4) is 0 Å². The van der Waals surface area contributed by atoms with Gasteiger partial charge >= 0.3 is 35.6 Å². The van der Waals surface area contributed by atoms with E-state index in [0.29, 0.717) is 0 Å². The molecule has 0 spiro atoms. The van der Waals surface area contributed by atoms with Crippen LogP contribution >= 0.6 is 0 Å². The van der Waals surface area contributed by atoms with Crippen LogP contribution in [0.2, 0.25) is 0 Å². The molecule has 0 aliphatic carbocycles. The molecule has 0 unspecified atom stereocenters. The fourth-order valence-corrected chi connectivity index (χ4v) is 0. The first-order valence-corrected chi connectivity index (χ1v) is 2.67. The van der Waals surface area contributed by atoms with E-state index < -0.39 is 15.5 Å². The van der Waals surface area contributed by atoms with Gasteiger partial charge in [-0.05, 0) is 0 Å². The zero-order valence-electron chi connectivity index (χ0n) is 6.35. The third-order valence-corrected chi connectivity index (χ3v) is 0. The molecule has 0 fully saturated rings. The fraction of sp³-hybridized carbons (Fsp3) is 0. The van der Waals surface area contributed by atoms with E-state index in [1.165, 1.54) is 16.2 Å². The monoisotopic (exact) mass is 271 g/mol. The van der Waals surface area contributed by atoms with Gasteiger partial charge in [0.2, 0.25) is 0 Å². The van der Waals surface area contributed by atoms with E-state index in [1.54, 1.807) is 0 Å². The van der Waals surface area contributed by atoms with Crippen LogP contribution < -0.4 is 0 Å². The summed E-state index contributed by atoms with van der Waals surface area (Å²) >= 11 is -3.47. The Kier molecular flexibility index (Phi) is 695. The molecule has 0 saturated carbocycles. The maximum absolute atomic E-state index is 9.81. The number of hydrogen-bond donors (Lipinski definition) is 0. The van der Waals surface area contributed by atoms with Gasteiger partial charge < -0.3 is 38.0 Å². The van der Waals surface area contributed by atoms with Crippen LogP contribution in [0.1, 0.15) is 0 Å².